The van der Waals surface area contributed by atoms with E-state index in [-0.39, 0.29) is 0 Å². The molecule has 0 aromatic carbocycles. The van der Waals surface area contributed by atoms with Crippen LogP contribution in [0.15, 0.2) is 0 Å². The number of rotatable bonds is 6. The first kappa shape index (κ1) is 11.9. The van der Waals surface area contributed by atoms with E-state index in [1.165, 1.54) is 32.1 Å². The molecule has 92 valence electrons. The summed E-state index contributed by atoms with van der Waals surface area (Å²) in [7, 11) is 0. The fourth-order valence-electron chi connectivity index (χ4n) is 2.37. The summed E-state index contributed by atoms with van der Waals surface area (Å²) in [5.41, 5.74) is 0. The Kier molecular flexibility index (Phi) is 3.85. The van der Waals surface area contributed by atoms with E-state index in [9.17, 15) is 4.79 Å². The lowest BCUT2D eigenvalue weighted by molar-refractivity contribution is -0.136. The summed E-state index contributed by atoms with van der Waals surface area (Å²) < 4.78 is 0. The minimum atomic E-state index is 0.292. The van der Waals surface area contributed by atoms with Crippen molar-refractivity contribution in [3.63, 3.8) is 0 Å². The molecule has 16 heavy (non-hydrogen) atoms. The quantitative estimate of drug-likeness (QED) is 0.746. The second-order valence-electron chi connectivity index (χ2n) is 5.55. The van der Waals surface area contributed by atoms with Crippen LogP contribution in [0.5, 0.6) is 0 Å². The molecule has 2 aliphatic carbocycles. The summed E-state index contributed by atoms with van der Waals surface area (Å²) >= 11 is 0. The minimum absolute atomic E-state index is 0.292. The van der Waals surface area contributed by atoms with Crippen molar-refractivity contribution in [2.45, 2.75) is 58.0 Å². The lowest BCUT2D eigenvalue weighted by Gasteiger charge is -2.40. The maximum atomic E-state index is 12.1. The molecule has 0 spiro atoms. The smallest absolute Gasteiger partial charge is 0.237 e. The van der Waals surface area contributed by atoms with Crippen LogP contribution in [0.3, 0.4) is 0 Å². The third-order valence-electron chi connectivity index (χ3n) is 3.72. The van der Waals surface area contributed by atoms with Gasteiger partial charge in [-0.15, -0.1) is 0 Å². The van der Waals surface area contributed by atoms with Gasteiger partial charge in [-0.3, -0.25) is 4.79 Å². The van der Waals surface area contributed by atoms with E-state index >= 15 is 0 Å². The van der Waals surface area contributed by atoms with Gasteiger partial charge in [0.05, 0.1) is 6.54 Å². The second-order valence-corrected chi connectivity index (χ2v) is 5.55. The number of nitrogens with one attached hydrogen (secondary N) is 1. The van der Waals surface area contributed by atoms with E-state index < -0.39 is 0 Å². The highest BCUT2D eigenvalue weighted by Crippen LogP contribution is 2.28. The van der Waals surface area contributed by atoms with E-state index in [1.54, 1.807) is 0 Å². The largest absolute Gasteiger partial charge is 0.336 e. The van der Waals surface area contributed by atoms with Gasteiger partial charge in [0.15, 0.2) is 0 Å². The molecule has 0 aromatic heterocycles. The molecule has 0 atom stereocenters. The van der Waals surface area contributed by atoms with E-state index in [4.69, 9.17) is 0 Å². The molecule has 0 heterocycles. The summed E-state index contributed by atoms with van der Waals surface area (Å²) in [6.07, 6.45) is 6.38. The lowest BCUT2D eigenvalue weighted by atomic mass is 9.90. The fourth-order valence-corrected chi connectivity index (χ4v) is 2.37. The molecule has 2 aliphatic rings. The molecule has 2 fully saturated rings. The summed E-state index contributed by atoms with van der Waals surface area (Å²) in [5.74, 6) is 1.14. The SMILES string of the molecule is CC(C)N(C(=O)CNCC1CC1)C1CCC1. The highest BCUT2D eigenvalue weighted by Gasteiger charge is 2.30. The average Bonchev–Trinajstić information content (AvgIpc) is 2.93. The van der Waals surface area contributed by atoms with Gasteiger partial charge in [0.25, 0.3) is 0 Å². The van der Waals surface area contributed by atoms with Gasteiger partial charge in [-0.2, -0.15) is 0 Å². The summed E-state index contributed by atoms with van der Waals surface area (Å²) in [5, 5.41) is 3.29. The van der Waals surface area contributed by atoms with Crippen molar-refractivity contribution in [2.75, 3.05) is 13.1 Å². The van der Waals surface area contributed by atoms with Gasteiger partial charge in [0, 0.05) is 12.1 Å². The maximum Gasteiger partial charge on any atom is 0.237 e. The van der Waals surface area contributed by atoms with Crippen LogP contribution in [-0.2, 0) is 4.79 Å². The van der Waals surface area contributed by atoms with E-state index in [1.807, 2.05) is 0 Å². The van der Waals surface area contributed by atoms with Gasteiger partial charge < -0.3 is 10.2 Å². The third-order valence-corrected chi connectivity index (χ3v) is 3.72. The highest BCUT2D eigenvalue weighted by molar-refractivity contribution is 5.79. The summed E-state index contributed by atoms with van der Waals surface area (Å²) in [4.78, 5) is 14.2. The number of hydrogen-bond donors (Lipinski definition) is 1. The molecule has 0 radical (unpaired) electrons. The molecular weight excluding hydrogens is 200 g/mol. The van der Waals surface area contributed by atoms with Crippen molar-refractivity contribution < 1.29 is 4.79 Å². The Morgan fingerprint density at radius 2 is 2.00 bits per heavy atom. The summed E-state index contributed by atoms with van der Waals surface area (Å²) in [6, 6.07) is 0.871. The molecule has 0 bridgehead atoms. The Morgan fingerprint density at radius 3 is 2.44 bits per heavy atom. The van der Waals surface area contributed by atoms with Gasteiger partial charge >= 0.3 is 0 Å². The van der Waals surface area contributed by atoms with Crippen molar-refractivity contribution >= 4 is 5.91 Å². The monoisotopic (exact) mass is 224 g/mol. The van der Waals surface area contributed by atoms with Crippen molar-refractivity contribution in [3.05, 3.63) is 0 Å². The third kappa shape index (κ3) is 2.97. The van der Waals surface area contributed by atoms with Crippen molar-refractivity contribution in [2.24, 2.45) is 5.92 Å². The zero-order valence-corrected chi connectivity index (χ0v) is 10.5. The van der Waals surface area contributed by atoms with Gasteiger partial charge in [-0.1, -0.05) is 0 Å². The van der Waals surface area contributed by atoms with Crippen LogP contribution in [-0.4, -0.2) is 36.0 Å². The first-order chi connectivity index (χ1) is 7.68. The molecule has 1 N–H and O–H groups in total. The average molecular weight is 224 g/mol. The van der Waals surface area contributed by atoms with Gasteiger partial charge in [0.1, 0.15) is 0 Å². The summed E-state index contributed by atoms with van der Waals surface area (Å²) in [6.45, 7) is 5.81. The Balaban J connectivity index is 1.74. The molecule has 0 saturated heterocycles. The molecule has 0 aromatic rings. The number of carbonyl (C=O) groups excluding carboxylic acids is 1. The van der Waals surface area contributed by atoms with Crippen molar-refractivity contribution in [1.82, 2.24) is 10.2 Å². The first-order valence-electron chi connectivity index (χ1n) is 6.70. The number of nitrogens with zero attached hydrogens (tertiary/aromatic N) is 1. The molecule has 1 amide bonds. The predicted octanol–water partition coefficient (Wildman–Crippen LogP) is 1.78. The van der Waals surface area contributed by atoms with Crippen LogP contribution in [0.25, 0.3) is 0 Å². The molecular formula is C13H24N2O. The van der Waals surface area contributed by atoms with Gasteiger partial charge in [-0.25, -0.2) is 0 Å². The zero-order chi connectivity index (χ0) is 11.5. The Hall–Kier alpha value is -0.570. The van der Waals surface area contributed by atoms with Crippen molar-refractivity contribution in [1.29, 1.82) is 0 Å². The van der Waals surface area contributed by atoms with Crippen molar-refractivity contribution in [3.8, 4) is 0 Å². The molecule has 2 saturated carbocycles. The number of carbonyl (C=O) groups is 1. The fraction of sp³-hybridized carbons (Fsp3) is 0.923. The minimum Gasteiger partial charge on any atom is -0.336 e. The topological polar surface area (TPSA) is 32.3 Å². The van der Waals surface area contributed by atoms with Gasteiger partial charge in [-0.05, 0) is 58.4 Å². The molecule has 0 aliphatic heterocycles. The zero-order valence-electron chi connectivity index (χ0n) is 10.5. The number of amides is 1. The van der Waals surface area contributed by atoms with Crippen LogP contribution in [0.4, 0.5) is 0 Å². The Morgan fingerprint density at radius 1 is 1.31 bits per heavy atom. The van der Waals surface area contributed by atoms with E-state index in [0.717, 1.165) is 12.5 Å². The Bertz CT molecular complexity index is 244. The predicted molar refractivity (Wildman–Crippen MR) is 65.2 cm³/mol. The second kappa shape index (κ2) is 5.17. The highest BCUT2D eigenvalue weighted by atomic mass is 16.2. The molecule has 3 nitrogen and oxygen atoms in total. The van der Waals surface area contributed by atoms with E-state index in [0.29, 0.717) is 24.5 Å². The molecule has 2 rings (SSSR count). The normalized spacial score (nSPS) is 20.9. The lowest BCUT2D eigenvalue weighted by Crippen LogP contribution is -2.51. The standard InChI is InChI=1S/C13H24N2O/c1-10(2)15(12-4-3-5-12)13(16)9-14-8-11-6-7-11/h10-12,14H,3-9H2,1-2H3. The first-order valence-corrected chi connectivity index (χ1v) is 6.70. The Labute approximate surface area is 98.6 Å². The van der Waals surface area contributed by atoms with Crippen LogP contribution in [0.1, 0.15) is 46.0 Å². The van der Waals surface area contributed by atoms with Crippen LogP contribution < -0.4 is 5.32 Å². The maximum absolute atomic E-state index is 12.1. The van der Waals surface area contributed by atoms with Crippen LogP contribution >= 0.6 is 0 Å². The molecule has 0 unspecified atom stereocenters. The number of hydrogen-bond acceptors (Lipinski definition) is 2. The molecule has 3 heteroatoms. The van der Waals surface area contributed by atoms with Gasteiger partial charge in [0.2, 0.25) is 5.91 Å². The van der Waals surface area contributed by atoms with Crippen LogP contribution in [0, 0.1) is 5.92 Å². The van der Waals surface area contributed by atoms with Crippen LogP contribution in [0.2, 0.25) is 0 Å². The van der Waals surface area contributed by atoms with E-state index in [2.05, 4.69) is 24.1 Å².